The molecule has 25 heavy (non-hydrogen) atoms. The summed E-state index contributed by atoms with van der Waals surface area (Å²) in [6.07, 6.45) is 14.0. The lowest BCUT2D eigenvalue weighted by molar-refractivity contribution is -0.759. The molecule has 1 unspecified atom stereocenters. The second-order valence-corrected chi connectivity index (χ2v) is 8.16. The molecule has 1 aromatic rings. The van der Waals surface area contributed by atoms with Crippen LogP contribution in [0.1, 0.15) is 24.0 Å². The summed E-state index contributed by atoms with van der Waals surface area (Å²) >= 11 is 0. The minimum atomic E-state index is -4.10. The van der Waals surface area contributed by atoms with Gasteiger partial charge in [-0.3, -0.25) is 4.90 Å². The molecular formula is C19H23N2O3S+. The molecule has 1 aliphatic carbocycles. The Labute approximate surface area is 148 Å². The van der Waals surface area contributed by atoms with Gasteiger partial charge in [-0.25, -0.2) is 13.0 Å². The number of benzene rings is 1. The van der Waals surface area contributed by atoms with Gasteiger partial charge in [-0.15, -0.1) is 0 Å². The number of nitrogens with one attached hydrogen (secondary N) is 1. The minimum Gasteiger partial charge on any atom is -0.748 e. The van der Waals surface area contributed by atoms with Gasteiger partial charge in [0.1, 0.15) is 20.3 Å². The predicted molar refractivity (Wildman–Crippen MR) is 99.4 cm³/mol. The van der Waals surface area contributed by atoms with Gasteiger partial charge in [0.15, 0.2) is 5.71 Å². The highest BCUT2D eigenvalue weighted by Crippen LogP contribution is 2.08. The lowest BCUT2D eigenvalue weighted by Crippen LogP contribution is -3.03. The standard InChI is InChI=1S/C19H22N2O3S/c1-20(2)17-7-8-18-15(13-17)5-6-16-14-21(11-9-19(16)18)10-3-4-12-25(22,23)24/h5-9,11,13-14H,3-4,10,12H2,1-2H3/p+1. The third-order valence-corrected chi connectivity index (χ3v) is 5.30. The molecule has 0 saturated heterocycles. The Kier molecular flexibility index (Phi) is 5.03. The first-order chi connectivity index (χ1) is 11.8. The summed E-state index contributed by atoms with van der Waals surface area (Å²) in [5, 5.41) is 2.39. The van der Waals surface area contributed by atoms with Crippen molar-refractivity contribution in [3.63, 3.8) is 0 Å². The van der Waals surface area contributed by atoms with E-state index in [1.807, 2.05) is 14.1 Å². The number of rotatable bonds is 5. The molecule has 0 fully saturated rings. The van der Waals surface area contributed by atoms with Gasteiger partial charge in [-0.1, -0.05) is 6.07 Å². The van der Waals surface area contributed by atoms with Crippen LogP contribution in [-0.2, 0) is 10.1 Å². The molecule has 1 N–H and O–H groups in total. The molecule has 0 radical (unpaired) electrons. The van der Waals surface area contributed by atoms with Gasteiger partial charge in [0, 0.05) is 34.8 Å². The van der Waals surface area contributed by atoms with E-state index in [0.29, 0.717) is 12.8 Å². The highest BCUT2D eigenvalue weighted by atomic mass is 32.2. The summed E-state index contributed by atoms with van der Waals surface area (Å²) in [5.41, 5.74) is 3.62. The lowest BCUT2D eigenvalue weighted by atomic mass is 9.96. The third kappa shape index (κ3) is 4.34. The lowest BCUT2D eigenvalue weighted by Gasteiger charge is -2.16. The van der Waals surface area contributed by atoms with E-state index >= 15 is 0 Å². The highest BCUT2D eigenvalue weighted by Gasteiger charge is 2.14. The molecule has 1 heterocycles. The van der Waals surface area contributed by atoms with Crippen molar-refractivity contribution in [3.05, 3.63) is 46.0 Å². The fourth-order valence-electron chi connectivity index (χ4n) is 3.15. The van der Waals surface area contributed by atoms with Gasteiger partial charge < -0.3 is 4.55 Å². The summed E-state index contributed by atoms with van der Waals surface area (Å²) in [7, 11) is -0.0321. The van der Waals surface area contributed by atoms with E-state index in [2.05, 4.69) is 53.4 Å². The zero-order chi connectivity index (χ0) is 18.0. The maximum atomic E-state index is 10.6. The summed E-state index contributed by atoms with van der Waals surface area (Å²) < 4.78 is 34.0. The van der Waals surface area contributed by atoms with Crippen molar-refractivity contribution in [2.24, 2.45) is 0 Å². The Morgan fingerprint density at radius 3 is 2.48 bits per heavy atom. The fourth-order valence-corrected chi connectivity index (χ4v) is 3.71. The van der Waals surface area contributed by atoms with Crippen LogP contribution in [0.15, 0.2) is 24.4 Å². The summed E-state index contributed by atoms with van der Waals surface area (Å²) in [5.74, 6) is -0.278. The van der Waals surface area contributed by atoms with Crippen molar-refractivity contribution in [1.29, 1.82) is 0 Å². The predicted octanol–water partition coefficient (Wildman–Crippen LogP) is -0.860. The van der Waals surface area contributed by atoms with Gasteiger partial charge in [0.25, 0.3) is 0 Å². The van der Waals surface area contributed by atoms with Crippen LogP contribution < -0.4 is 15.3 Å². The zero-order valence-electron chi connectivity index (χ0n) is 14.5. The molecule has 1 aromatic carbocycles. The van der Waals surface area contributed by atoms with Crippen LogP contribution in [0.5, 0.6) is 0 Å². The van der Waals surface area contributed by atoms with Crippen molar-refractivity contribution in [2.45, 2.75) is 12.8 Å². The molecule has 1 aliphatic heterocycles. The van der Waals surface area contributed by atoms with Gasteiger partial charge in [0.05, 0.1) is 22.9 Å². The number of fused-ring (bicyclic) bond motifs is 3. The van der Waals surface area contributed by atoms with Crippen molar-refractivity contribution < 1.29 is 22.4 Å². The molecule has 1 atom stereocenters. The smallest absolute Gasteiger partial charge is 0.200 e. The normalized spacial score (nSPS) is 18.2. The minimum absolute atomic E-state index is 0.278. The van der Waals surface area contributed by atoms with E-state index in [9.17, 15) is 13.0 Å². The first kappa shape index (κ1) is 17.8. The van der Waals surface area contributed by atoms with E-state index in [0.717, 1.165) is 6.54 Å². The Bertz CT molecular complexity index is 998. The Balaban J connectivity index is 1.80. The second-order valence-electron chi connectivity index (χ2n) is 6.64. The maximum Gasteiger partial charge on any atom is 0.200 e. The monoisotopic (exact) mass is 359 g/mol. The number of hydrogen-bond acceptors (Lipinski definition) is 3. The molecule has 3 rings (SSSR count). The molecule has 5 nitrogen and oxygen atoms in total. The average Bonchev–Trinajstić information content (AvgIpc) is 2.57. The van der Waals surface area contributed by atoms with Crippen LogP contribution in [-0.4, -0.2) is 49.7 Å². The number of unbranched alkanes of at least 4 members (excludes halogenated alkanes) is 1. The number of quaternary nitrogens is 1. The maximum absolute atomic E-state index is 10.6. The van der Waals surface area contributed by atoms with Gasteiger partial charge >= 0.3 is 0 Å². The van der Waals surface area contributed by atoms with Gasteiger partial charge in [0.2, 0.25) is 0 Å². The number of hydrogen-bond donors (Lipinski definition) is 1. The van der Waals surface area contributed by atoms with Crippen molar-refractivity contribution in [3.8, 4) is 0 Å². The van der Waals surface area contributed by atoms with Crippen LogP contribution in [0.2, 0.25) is 0 Å². The highest BCUT2D eigenvalue weighted by molar-refractivity contribution is 7.85. The number of allylic oxidation sites excluding steroid dienone is 1. The molecule has 6 heteroatoms. The largest absolute Gasteiger partial charge is 0.748 e. The molecule has 0 amide bonds. The molecule has 0 spiro atoms. The quantitative estimate of drug-likeness (QED) is 0.423. The average molecular weight is 359 g/mol. The van der Waals surface area contributed by atoms with Crippen LogP contribution in [0, 0.1) is 0 Å². The van der Waals surface area contributed by atoms with E-state index in [-0.39, 0.29) is 5.75 Å². The van der Waals surface area contributed by atoms with Crippen molar-refractivity contribution >= 4 is 40.3 Å². The molecule has 0 aromatic heterocycles. The van der Waals surface area contributed by atoms with Crippen LogP contribution in [0.3, 0.4) is 0 Å². The second kappa shape index (κ2) is 7.07. The molecular weight excluding hydrogens is 336 g/mol. The van der Waals surface area contributed by atoms with Crippen LogP contribution in [0.4, 0.5) is 0 Å². The Morgan fingerprint density at radius 2 is 1.76 bits per heavy atom. The van der Waals surface area contributed by atoms with E-state index in [4.69, 9.17) is 0 Å². The van der Waals surface area contributed by atoms with E-state index < -0.39 is 10.1 Å². The SMILES string of the molecule is C[N+](C)=C1C=Cc2c3c(ccc2=C1)=C[NH+](CCCCS(=O)(=O)[O-])C=C3. The van der Waals surface area contributed by atoms with E-state index in [1.165, 1.54) is 32.2 Å². The Hall–Kier alpha value is -2.02. The van der Waals surface area contributed by atoms with Crippen LogP contribution >= 0.6 is 0 Å². The van der Waals surface area contributed by atoms with Crippen LogP contribution in [0.25, 0.3) is 24.4 Å². The molecule has 0 bridgehead atoms. The topological polar surface area (TPSA) is 64.7 Å². The summed E-state index contributed by atoms with van der Waals surface area (Å²) in [6.45, 7) is 0.781. The molecule has 0 saturated carbocycles. The molecule has 2 aliphatic rings. The first-order valence-electron chi connectivity index (χ1n) is 8.40. The fraction of sp³-hybridized carbons (Fsp3) is 0.316. The van der Waals surface area contributed by atoms with Crippen molar-refractivity contribution in [2.75, 3.05) is 26.4 Å². The summed E-state index contributed by atoms with van der Waals surface area (Å²) in [4.78, 5) is 1.17. The third-order valence-electron chi connectivity index (χ3n) is 4.51. The van der Waals surface area contributed by atoms with Gasteiger partial charge in [-0.05, 0) is 35.8 Å². The first-order valence-corrected chi connectivity index (χ1v) is 9.97. The number of nitrogens with zero attached hydrogens (tertiary/aromatic N) is 1. The van der Waals surface area contributed by atoms with Gasteiger partial charge in [-0.2, -0.15) is 0 Å². The van der Waals surface area contributed by atoms with E-state index in [1.54, 1.807) is 0 Å². The zero-order valence-corrected chi connectivity index (χ0v) is 15.3. The summed E-state index contributed by atoms with van der Waals surface area (Å²) in [6, 6.07) is 4.27. The Morgan fingerprint density at radius 1 is 1.04 bits per heavy atom. The van der Waals surface area contributed by atoms with Crippen molar-refractivity contribution in [1.82, 2.24) is 0 Å². The molecule has 132 valence electrons.